The largest absolute Gasteiger partial charge is 0.493 e. The molecule has 0 bridgehead atoms. The minimum atomic E-state index is -0.231. The van der Waals surface area contributed by atoms with Gasteiger partial charge in [0.15, 0.2) is 11.5 Å². The summed E-state index contributed by atoms with van der Waals surface area (Å²) in [4.78, 5) is 12.3. The average Bonchev–Trinajstić information content (AvgIpc) is 2.56. The van der Waals surface area contributed by atoms with Crippen molar-refractivity contribution in [2.45, 2.75) is 13.0 Å². The van der Waals surface area contributed by atoms with Crippen LogP contribution >= 0.6 is 23.2 Å². The van der Waals surface area contributed by atoms with Gasteiger partial charge in [0.25, 0.3) is 5.91 Å². The third-order valence-electron chi connectivity index (χ3n) is 3.44. The first-order chi connectivity index (χ1) is 11.0. The van der Waals surface area contributed by atoms with E-state index in [4.69, 9.17) is 32.7 Å². The van der Waals surface area contributed by atoms with Gasteiger partial charge in [0.2, 0.25) is 0 Å². The Bertz CT molecular complexity index is 719. The number of nitrogens with one attached hydrogen (secondary N) is 1. The van der Waals surface area contributed by atoms with Gasteiger partial charge in [0.1, 0.15) is 0 Å². The van der Waals surface area contributed by atoms with Crippen molar-refractivity contribution in [3.05, 3.63) is 57.6 Å². The van der Waals surface area contributed by atoms with Crippen LogP contribution in [-0.2, 0) is 0 Å². The molecule has 0 aliphatic heterocycles. The van der Waals surface area contributed by atoms with E-state index in [0.717, 1.165) is 5.56 Å². The number of halogens is 2. The molecule has 0 radical (unpaired) electrons. The van der Waals surface area contributed by atoms with Crippen LogP contribution in [0.3, 0.4) is 0 Å². The van der Waals surface area contributed by atoms with Gasteiger partial charge in [-0.2, -0.15) is 0 Å². The van der Waals surface area contributed by atoms with Gasteiger partial charge in [-0.1, -0.05) is 29.3 Å². The number of methoxy groups -OCH3 is 2. The summed E-state index contributed by atoms with van der Waals surface area (Å²) in [6.07, 6.45) is 0. The number of rotatable bonds is 5. The van der Waals surface area contributed by atoms with Crippen LogP contribution in [0.15, 0.2) is 36.4 Å². The fourth-order valence-electron chi connectivity index (χ4n) is 2.12. The Morgan fingerprint density at radius 2 is 1.70 bits per heavy atom. The first-order valence-electron chi connectivity index (χ1n) is 6.94. The molecule has 2 aromatic rings. The van der Waals surface area contributed by atoms with E-state index >= 15 is 0 Å². The van der Waals surface area contributed by atoms with Crippen molar-refractivity contribution < 1.29 is 14.3 Å². The van der Waals surface area contributed by atoms with Crippen molar-refractivity contribution in [3.63, 3.8) is 0 Å². The number of ether oxygens (including phenoxy) is 2. The van der Waals surface area contributed by atoms with E-state index in [1.54, 1.807) is 38.5 Å². The standard InChI is InChI=1S/C17H17Cl2NO3/c1-10(11-5-7-15(22-2)16(9-11)23-3)20-17(21)12-4-6-13(18)14(19)8-12/h4-10H,1-3H3,(H,20,21)/t10-/m1/s1. The molecule has 0 spiro atoms. The van der Waals surface area contributed by atoms with Gasteiger partial charge in [-0.3, -0.25) is 4.79 Å². The van der Waals surface area contributed by atoms with Crippen LogP contribution in [0.2, 0.25) is 10.0 Å². The summed E-state index contributed by atoms with van der Waals surface area (Å²) >= 11 is 11.8. The monoisotopic (exact) mass is 353 g/mol. The van der Waals surface area contributed by atoms with Crippen molar-refractivity contribution >= 4 is 29.1 Å². The maximum Gasteiger partial charge on any atom is 0.251 e. The molecule has 1 atom stereocenters. The molecule has 0 fully saturated rings. The van der Waals surface area contributed by atoms with Crippen LogP contribution in [0.1, 0.15) is 28.9 Å². The zero-order valence-corrected chi connectivity index (χ0v) is 14.5. The normalized spacial score (nSPS) is 11.7. The van der Waals surface area contributed by atoms with Gasteiger partial charge < -0.3 is 14.8 Å². The predicted molar refractivity (Wildman–Crippen MR) is 91.9 cm³/mol. The number of amides is 1. The SMILES string of the molecule is COc1ccc([C@@H](C)NC(=O)c2ccc(Cl)c(Cl)c2)cc1OC. The maximum absolute atomic E-state index is 12.3. The first-order valence-corrected chi connectivity index (χ1v) is 7.69. The first kappa shape index (κ1) is 17.4. The van der Waals surface area contributed by atoms with Crippen molar-refractivity contribution in [2.24, 2.45) is 0 Å². The third-order valence-corrected chi connectivity index (χ3v) is 4.18. The Hall–Kier alpha value is -1.91. The summed E-state index contributed by atoms with van der Waals surface area (Å²) in [5, 5.41) is 3.67. The molecule has 6 heteroatoms. The Balaban J connectivity index is 2.16. The highest BCUT2D eigenvalue weighted by Crippen LogP contribution is 2.30. The molecule has 0 saturated heterocycles. The average molecular weight is 354 g/mol. The minimum Gasteiger partial charge on any atom is -0.493 e. The fourth-order valence-corrected chi connectivity index (χ4v) is 2.42. The highest BCUT2D eigenvalue weighted by atomic mass is 35.5. The second kappa shape index (κ2) is 7.57. The Kier molecular flexibility index (Phi) is 5.74. The third kappa shape index (κ3) is 4.09. The number of benzene rings is 2. The van der Waals surface area contributed by atoms with Crippen LogP contribution in [0.25, 0.3) is 0 Å². The highest BCUT2D eigenvalue weighted by Gasteiger charge is 2.14. The lowest BCUT2D eigenvalue weighted by atomic mass is 10.1. The van der Waals surface area contributed by atoms with Crippen LogP contribution in [0.4, 0.5) is 0 Å². The molecule has 0 unspecified atom stereocenters. The van der Waals surface area contributed by atoms with Crippen LogP contribution in [0.5, 0.6) is 11.5 Å². The Morgan fingerprint density at radius 3 is 2.30 bits per heavy atom. The number of carbonyl (C=O) groups excluding carboxylic acids is 1. The van der Waals surface area contributed by atoms with E-state index in [2.05, 4.69) is 5.32 Å². The quantitative estimate of drug-likeness (QED) is 0.860. The number of carbonyl (C=O) groups is 1. The summed E-state index contributed by atoms with van der Waals surface area (Å²) in [5.41, 5.74) is 1.35. The molecule has 0 aromatic heterocycles. The van der Waals surface area contributed by atoms with Crippen molar-refractivity contribution in [3.8, 4) is 11.5 Å². The molecule has 2 aromatic carbocycles. The molecule has 4 nitrogen and oxygen atoms in total. The van der Waals surface area contributed by atoms with E-state index in [1.165, 1.54) is 0 Å². The zero-order chi connectivity index (χ0) is 17.0. The topological polar surface area (TPSA) is 47.6 Å². The molecule has 122 valence electrons. The Labute approximate surface area is 145 Å². The van der Waals surface area contributed by atoms with Gasteiger partial charge in [-0.05, 0) is 42.8 Å². The van der Waals surface area contributed by atoms with Gasteiger partial charge in [0.05, 0.1) is 30.3 Å². The minimum absolute atomic E-state index is 0.211. The molecular weight excluding hydrogens is 337 g/mol. The van der Waals surface area contributed by atoms with Crippen molar-refractivity contribution in [1.29, 1.82) is 0 Å². The molecule has 1 N–H and O–H groups in total. The second-order valence-electron chi connectivity index (χ2n) is 4.94. The van der Waals surface area contributed by atoms with Crippen molar-refractivity contribution in [1.82, 2.24) is 5.32 Å². The molecule has 1 amide bonds. The second-order valence-corrected chi connectivity index (χ2v) is 5.75. The molecule has 0 heterocycles. The summed E-state index contributed by atoms with van der Waals surface area (Å²) in [5.74, 6) is 1.02. The lowest BCUT2D eigenvalue weighted by Gasteiger charge is -2.16. The molecule has 0 saturated carbocycles. The van der Waals surface area contributed by atoms with Crippen LogP contribution in [0, 0.1) is 0 Å². The summed E-state index contributed by atoms with van der Waals surface area (Å²) < 4.78 is 10.5. The molecule has 0 aliphatic rings. The van der Waals surface area contributed by atoms with Gasteiger partial charge in [0, 0.05) is 5.56 Å². The fraction of sp³-hybridized carbons (Fsp3) is 0.235. The van der Waals surface area contributed by atoms with Crippen LogP contribution in [-0.4, -0.2) is 20.1 Å². The zero-order valence-electron chi connectivity index (χ0n) is 13.0. The highest BCUT2D eigenvalue weighted by molar-refractivity contribution is 6.42. The van der Waals surface area contributed by atoms with Gasteiger partial charge in [-0.15, -0.1) is 0 Å². The number of hydrogen-bond acceptors (Lipinski definition) is 3. The smallest absolute Gasteiger partial charge is 0.251 e. The lowest BCUT2D eigenvalue weighted by Crippen LogP contribution is -2.26. The van der Waals surface area contributed by atoms with E-state index < -0.39 is 0 Å². The lowest BCUT2D eigenvalue weighted by molar-refractivity contribution is 0.0940. The molecule has 23 heavy (non-hydrogen) atoms. The summed E-state index contributed by atoms with van der Waals surface area (Å²) in [6.45, 7) is 1.89. The predicted octanol–water partition coefficient (Wildman–Crippen LogP) is 4.50. The van der Waals surface area contributed by atoms with Gasteiger partial charge in [-0.25, -0.2) is 0 Å². The van der Waals surface area contributed by atoms with Crippen molar-refractivity contribution in [2.75, 3.05) is 14.2 Å². The number of hydrogen-bond donors (Lipinski definition) is 1. The maximum atomic E-state index is 12.3. The van der Waals surface area contributed by atoms with Crippen LogP contribution < -0.4 is 14.8 Å². The van der Waals surface area contributed by atoms with E-state index in [9.17, 15) is 4.79 Å². The summed E-state index contributed by atoms with van der Waals surface area (Å²) in [6, 6.07) is 10.1. The Morgan fingerprint density at radius 1 is 1.00 bits per heavy atom. The van der Waals surface area contributed by atoms with Gasteiger partial charge >= 0.3 is 0 Å². The molecule has 2 rings (SSSR count). The summed E-state index contributed by atoms with van der Waals surface area (Å²) in [7, 11) is 3.15. The molecule has 0 aliphatic carbocycles. The van der Waals surface area contributed by atoms with E-state index in [1.807, 2.05) is 19.1 Å². The van der Waals surface area contributed by atoms with E-state index in [0.29, 0.717) is 27.1 Å². The van der Waals surface area contributed by atoms with E-state index in [-0.39, 0.29) is 11.9 Å². The molecular formula is C17H17Cl2NO3.